The zero-order chi connectivity index (χ0) is 15.5. The summed E-state index contributed by atoms with van der Waals surface area (Å²) in [5, 5.41) is 7.65. The number of hydrogen-bond acceptors (Lipinski definition) is 4. The Balaban J connectivity index is 1.60. The van der Waals surface area contributed by atoms with E-state index in [2.05, 4.69) is 15.2 Å². The number of nitrogens with one attached hydrogen (secondary N) is 1. The molecule has 1 aromatic heterocycles. The summed E-state index contributed by atoms with van der Waals surface area (Å²) in [4.78, 5) is 18.3. The molecule has 0 saturated heterocycles. The smallest absolute Gasteiger partial charge is 0.237 e. The SMILES string of the molecule is CCN(C(=O)CSc1n[nH]c(C2CC2)n1)c1ccc(F)cc1. The third-order valence-electron chi connectivity index (χ3n) is 3.53. The van der Waals surface area contributed by atoms with Crippen molar-refractivity contribution in [2.75, 3.05) is 17.2 Å². The number of anilines is 1. The average Bonchev–Trinajstić information content (AvgIpc) is 3.27. The molecule has 116 valence electrons. The fourth-order valence-electron chi connectivity index (χ4n) is 2.19. The van der Waals surface area contributed by atoms with Crippen molar-refractivity contribution in [3.63, 3.8) is 0 Å². The number of thioether (sulfide) groups is 1. The number of aromatic nitrogens is 3. The second-order valence-electron chi connectivity index (χ2n) is 5.18. The summed E-state index contributed by atoms with van der Waals surface area (Å²) in [6.07, 6.45) is 2.32. The van der Waals surface area contributed by atoms with Gasteiger partial charge < -0.3 is 4.90 Å². The lowest BCUT2D eigenvalue weighted by atomic mass is 10.3. The third-order valence-corrected chi connectivity index (χ3v) is 4.36. The Morgan fingerprint density at radius 3 is 2.77 bits per heavy atom. The molecule has 0 aliphatic heterocycles. The molecule has 1 amide bonds. The molecule has 1 heterocycles. The molecule has 3 rings (SSSR count). The molecule has 0 atom stereocenters. The maximum Gasteiger partial charge on any atom is 0.237 e. The Hall–Kier alpha value is -1.89. The zero-order valence-corrected chi connectivity index (χ0v) is 13.1. The minimum absolute atomic E-state index is 0.0446. The molecule has 5 nitrogen and oxygen atoms in total. The molecule has 2 aromatic rings. The highest BCUT2D eigenvalue weighted by molar-refractivity contribution is 7.99. The van der Waals surface area contributed by atoms with Gasteiger partial charge in [0, 0.05) is 18.2 Å². The molecule has 0 radical (unpaired) electrons. The van der Waals surface area contributed by atoms with E-state index in [-0.39, 0.29) is 17.5 Å². The Morgan fingerprint density at radius 2 is 2.14 bits per heavy atom. The Morgan fingerprint density at radius 1 is 1.41 bits per heavy atom. The van der Waals surface area contributed by atoms with Gasteiger partial charge in [-0.2, -0.15) is 0 Å². The monoisotopic (exact) mass is 320 g/mol. The number of carbonyl (C=O) groups is 1. The maximum atomic E-state index is 13.0. The number of amides is 1. The van der Waals surface area contributed by atoms with Crippen LogP contribution in [0.4, 0.5) is 10.1 Å². The first-order valence-electron chi connectivity index (χ1n) is 7.28. The molecule has 1 aromatic carbocycles. The van der Waals surface area contributed by atoms with Gasteiger partial charge in [0.1, 0.15) is 11.6 Å². The number of hydrogen-bond donors (Lipinski definition) is 1. The van der Waals surface area contributed by atoms with Gasteiger partial charge in [0.05, 0.1) is 5.75 Å². The van der Waals surface area contributed by atoms with E-state index in [4.69, 9.17) is 0 Å². The number of benzene rings is 1. The normalized spacial score (nSPS) is 14.1. The van der Waals surface area contributed by atoms with Crippen LogP contribution in [0.5, 0.6) is 0 Å². The summed E-state index contributed by atoms with van der Waals surface area (Å²) in [7, 11) is 0. The van der Waals surface area contributed by atoms with Crippen LogP contribution in [0.25, 0.3) is 0 Å². The number of H-pyrrole nitrogens is 1. The summed E-state index contributed by atoms with van der Waals surface area (Å²) in [5.41, 5.74) is 0.697. The van der Waals surface area contributed by atoms with E-state index >= 15 is 0 Å². The molecule has 7 heteroatoms. The van der Waals surface area contributed by atoms with E-state index in [1.165, 1.54) is 23.9 Å². The molecule has 1 fully saturated rings. The largest absolute Gasteiger partial charge is 0.312 e. The van der Waals surface area contributed by atoms with Gasteiger partial charge >= 0.3 is 0 Å². The van der Waals surface area contributed by atoms with Crippen molar-refractivity contribution < 1.29 is 9.18 Å². The van der Waals surface area contributed by atoms with Gasteiger partial charge in [0.15, 0.2) is 0 Å². The van der Waals surface area contributed by atoms with Gasteiger partial charge in [-0.3, -0.25) is 9.89 Å². The molecular formula is C15H17FN4OS. The quantitative estimate of drug-likeness (QED) is 0.831. The van der Waals surface area contributed by atoms with Crippen LogP contribution in [0, 0.1) is 5.82 Å². The highest BCUT2D eigenvalue weighted by atomic mass is 32.2. The number of nitrogens with zero attached hydrogens (tertiary/aromatic N) is 3. The number of carbonyl (C=O) groups excluding carboxylic acids is 1. The number of aromatic amines is 1. The Labute approximate surface area is 132 Å². The molecule has 1 aliphatic rings. The highest BCUT2D eigenvalue weighted by Crippen LogP contribution is 2.38. The molecule has 1 saturated carbocycles. The van der Waals surface area contributed by atoms with Gasteiger partial charge in [0.2, 0.25) is 11.1 Å². The lowest BCUT2D eigenvalue weighted by Crippen LogP contribution is -2.32. The molecule has 1 N–H and O–H groups in total. The zero-order valence-electron chi connectivity index (χ0n) is 12.3. The number of rotatable bonds is 6. The minimum Gasteiger partial charge on any atom is -0.312 e. The van der Waals surface area contributed by atoms with Crippen molar-refractivity contribution in [3.05, 3.63) is 35.9 Å². The van der Waals surface area contributed by atoms with Gasteiger partial charge in [-0.05, 0) is 44.0 Å². The van der Waals surface area contributed by atoms with E-state index < -0.39 is 0 Å². The molecule has 0 spiro atoms. The topological polar surface area (TPSA) is 61.9 Å². The van der Waals surface area contributed by atoms with Crippen molar-refractivity contribution >= 4 is 23.4 Å². The second kappa shape index (κ2) is 6.48. The van der Waals surface area contributed by atoms with Crippen LogP contribution in [0.2, 0.25) is 0 Å². The highest BCUT2D eigenvalue weighted by Gasteiger charge is 2.27. The van der Waals surface area contributed by atoms with Crippen LogP contribution < -0.4 is 4.90 Å². The first kappa shape index (κ1) is 15.0. The lowest BCUT2D eigenvalue weighted by Gasteiger charge is -2.20. The Bertz CT molecular complexity index is 654. The van der Waals surface area contributed by atoms with Crippen molar-refractivity contribution in [1.29, 1.82) is 0 Å². The second-order valence-corrected chi connectivity index (χ2v) is 6.12. The first-order chi connectivity index (χ1) is 10.7. The van der Waals surface area contributed by atoms with Crippen LogP contribution in [-0.4, -0.2) is 33.4 Å². The van der Waals surface area contributed by atoms with E-state index in [1.54, 1.807) is 17.0 Å². The van der Waals surface area contributed by atoms with Crippen LogP contribution in [0.15, 0.2) is 29.4 Å². The Kier molecular flexibility index (Phi) is 4.42. The summed E-state index contributed by atoms with van der Waals surface area (Å²) in [5.74, 6) is 1.34. The van der Waals surface area contributed by atoms with Gasteiger partial charge in [-0.1, -0.05) is 11.8 Å². The van der Waals surface area contributed by atoms with Crippen molar-refractivity contribution in [2.24, 2.45) is 0 Å². The third kappa shape index (κ3) is 3.47. The number of halogens is 1. The molecular weight excluding hydrogens is 303 g/mol. The lowest BCUT2D eigenvalue weighted by molar-refractivity contribution is -0.116. The summed E-state index contributed by atoms with van der Waals surface area (Å²) >= 11 is 1.32. The molecule has 0 unspecified atom stereocenters. The minimum atomic E-state index is -0.310. The molecule has 1 aliphatic carbocycles. The summed E-state index contributed by atoms with van der Waals surface area (Å²) < 4.78 is 13.0. The van der Waals surface area contributed by atoms with Crippen molar-refractivity contribution in [2.45, 2.75) is 30.8 Å². The van der Waals surface area contributed by atoms with Gasteiger partial charge in [-0.15, -0.1) is 5.10 Å². The summed E-state index contributed by atoms with van der Waals surface area (Å²) in [6, 6.07) is 5.93. The van der Waals surface area contributed by atoms with E-state index in [0.29, 0.717) is 23.3 Å². The summed E-state index contributed by atoms with van der Waals surface area (Å²) in [6.45, 7) is 2.43. The maximum absolute atomic E-state index is 13.0. The van der Waals surface area contributed by atoms with Crippen molar-refractivity contribution in [1.82, 2.24) is 15.2 Å². The van der Waals surface area contributed by atoms with Crippen LogP contribution >= 0.6 is 11.8 Å². The van der Waals surface area contributed by atoms with Crippen LogP contribution in [0.3, 0.4) is 0 Å². The predicted octanol–water partition coefficient (Wildman–Crippen LogP) is 2.97. The van der Waals surface area contributed by atoms with E-state index in [9.17, 15) is 9.18 Å². The van der Waals surface area contributed by atoms with E-state index in [1.807, 2.05) is 6.92 Å². The van der Waals surface area contributed by atoms with Gasteiger partial charge in [-0.25, -0.2) is 9.37 Å². The standard InChI is InChI=1S/C15H17FN4OS/c1-2-20(12-7-5-11(16)6-8-12)13(21)9-22-15-17-14(18-19-15)10-3-4-10/h5-8,10H,2-4,9H2,1H3,(H,17,18,19). The van der Waals surface area contributed by atoms with E-state index in [0.717, 1.165) is 18.7 Å². The van der Waals surface area contributed by atoms with Crippen LogP contribution in [-0.2, 0) is 4.79 Å². The fourth-order valence-corrected chi connectivity index (χ4v) is 2.87. The van der Waals surface area contributed by atoms with Crippen LogP contribution in [0.1, 0.15) is 31.5 Å². The first-order valence-corrected chi connectivity index (χ1v) is 8.27. The average molecular weight is 320 g/mol. The predicted molar refractivity (Wildman–Crippen MR) is 83.5 cm³/mol. The fraction of sp³-hybridized carbons (Fsp3) is 0.400. The van der Waals surface area contributed by atoms with Gasteiger partial charge in [0.25, 0.3) is 0 Å². The van der Waals surface area contributed by atoms with Crippen molar-refractivity contribution in [3.8, 4) is 0 Å². The molecule has 0 bridgehead atoms. The molecule has 22 heavy (non-hydrogen) atoms.